The highest BCUT2D eigenvalue weighted by atomic mass is 16.5. The molecular formula is C26H27N3O5. The molecule has 0 amide bonds. The van der Waals surface area contributed by atoms with Crippen LogP contribution in [-0.2, 0) is 9.53 Å². The van der Waals surface area contributed by atoms with Gasteiger partial charge in [-0.25, -0.2) is 4.79 Å². The van der Waals surface area contributed by atoms with Gasteiger partial charge in [-0.05, 0) is 86.7 Å². The van der Waals surface area contributed by atoms with Gasteiger partial charge in [-0.15, -0.1) is 0 Å². The van der Waals surface area contributed by atoms with Gasteiger partial charge in [-0.1, -0.05) is 18.2 Å². The summed E-state index contributed by atoms with van der Waals surface area (Å²) in [6.07, 6.45) is 1.51. The van der Waals surface area contributed by atoms with Gasteiger partial charge in [0.2, 0.25) is 5.78 Å². The van der Waals surface area contributed by atoms with Crippen molar-refractivity contribution in [3.63, 3.8) is 0 Å². The van der Waals surface area contributed by atoms with Crippen molar-refractivity contribution in [2.24, 2.45) is 5.92 Å². The quantitative estimate of drug-likeness (QED) is 0.348. The zero-order valence-electron chi connectivity index (χ0n) is 18.9. The molecule has 2 heterocycles. The van der Waals surface area contributed by atoms with E-state index in [9.17, 15) is 19.5 Å². The molecule has 3 N–H and O–H groups in total. The molecule has 8 nitrogen and oxygen atoms in total. The Labute approximate surface area is 197 Å². The number of carbonyl (C=O) groups is 2. The first kappa shape index (κ1) is 23.4. The minimum absolute atomic E-state index is 0.164. The molecule has 176 valence electrons. The number of phenols is 1. The van der Waals surface area contributed by atoms with Gasteiger partial charge in [0.1, 0.15) is 5.75 Å². The molecular weight excluding hydrogens is 434 g/mol. The fourth-order valence-corrected chi connectivity index (χ4v) is 4.31. The van der Waals surface area contributed by atoms with Crippen molar-refractivity contribution in [2.45, 2.75) is 32.3 Å². The Hall–Kier alpha value is -3.78. The number of rotatable bonds is 8. The first-order valence-electron chi connectivity index (χ1n) is 11.3. The SMILES string of the molecule is Cc1cc(-c2cc(-c3cccc(C(=O)C(CC4CCNCC4)OC=O)c3)[nH]c(=O)n2)ccc1O. The maximum atomic E-state index is 13.2. The third kappa shape index (κ3) is 5.40. The number of hydrogen-bond donors (Lipinski definition) is 3. The minimum atomic E-state index is -0.845. The number of hydrogen-bond acceptors (Lipinski definition) is 7. The van der Waals surface area contributed by atoms with Gasteiger partial charge in [-0.3, -0.25) is 9.59 Å². The number of nitrogens with one attached hydrogen (secondary N) is 2. The fraction of sp³-hybridized carbons (Fsp3) is 0.308. The highest BCUT2D eigenvalue weighted by Gasteiger charge is 2.26. The molecule has 0 spiro atoms. The fourth-order valence-electron chi connectivity index (χ4n) is 4.31. The number of ketones is 1. The van der Waals surface area contributed by atoms with E-state index in [-0.39, 0.29) is 11.5 Å². The molecule has 4 rings (SSSR count). The van der Waals surface area contributed by atoms with Crippen LogP contribution < -0.4 is 11.0 Å². The predicted molar refractivity (Wildman–Crippen MR) is 128 cm³/mol. The normalized spacial score (nSPS) is 15.0. The maximum Gasteiger partial charge on any atom is 0.345 e. The number of aromatic hydroxyl groups is 1. The zero-order chi connectivity index (χ0) is 24.1. The van der Waals surface area contributed by atoms with Crippen LogP contribution in [0.3, 0.4) is 0 Å². The lowest BCUT2D eigenvalue weighted by Gasteiger charge is -2.25. The van der Waals surface area contributed by atoms with Crippen molar-refractivity contribution in [3.05, 3.63) is 70.1 Å². The number of phenolic OH excluding ortho intramolecular Hbond substituents is 1. The molecule has 1 aliphatic heterocycles. The van der Waals surface area contributed by atoms with Crippen molar-refractivity contribution < 1.29 is 19.4 Å². The summed E-state index contributed by atoms with van der Waals surface area (Å²) < 4.78 is 5.18. The lowest BCUT2D eigenvalue weighted by atomic mass is 9.89. The molecule has 1 aliphatic rings. The predicted octanol–water partition coefficient (Wildman–Crippen LogP) is 3.23. The van der Waals surface area contributed by atoms with Crippen molar-refractivity contribution in [3.8, 4) is 28.3 Å². The van der Waals surface area contributed by atoms with Crippen LogP contribution in [0.5, 0.6) is 5.75 Å². The van der Waals surface area contributed by atoms with Crippen molar-refractivity contribution in [1.82, 2.24) is 15.3 Å². The van der Waals surface area contributed by atoms with E-state index in [2.05, 4.69) is 15.3 Å². The standard InChI is InChI=1S/C26H27N3O5/c1-16-11-19(5-6-23(16)31)22-14-21(28-26(33)29-22)18-3-2-4-20(13-18)25(32)24(34-15-30)12-17-7-9-27-10-8-17/h2-6,11,13-15,17,24,27,31H,7-10,12H2,1H3,(H,28,29,33). The topological polar surface area (TPSA) is 121 Å². The molecule has 1 fully saturated rings. The summed E-state index contributed by atoms with van der Waals surface area (Å²) in [6.45, 7) is 3.88. The molecule has 0 aliphatic carbocycles. The van der Waals surface area contributed by atoms with Gasteiger partial charge < -0.3 is 20.1 Å². The molecule has 0 bridgehead atoms. The van der Waals surface area contributed by atoms with E-state index >= 15 is 0 Å². The number of carbonyl (C=O) groups excluding carboxylic acids is 2. The summed E-state index contributed by atoms with van der Waals surface area (Å²) in [6, 6.07) is 13.6. The number of H-pyrrole nitrogens is 1. The maximum absolute atomic E-state index is 13.2. The second kappa shape index (κ2) is 10.4. The van der Waals surface area contributed by atoms with Crippen LogP contribution in [0.2, 0.25) is 0 Å². The molecule has 8 heteroatoms. The molecule has 0 radical (unpaired) electrons. The van der Waals surface area contributed by atoms with Crippen LogP contribution >= 0.6 is 0 Å². The Bertz CT molecular complexity index is 1250. The zero-order valence-corrected chi connectivity index (χ0v) is 18.9. The molecule has 3 aromatic rings. The molecule has 1 unspecified atom stereocenters. The van der Waals surface area contributed by atoms with Crippen LogP contribution in [0.1, 0.15) is 35.2 Å². The number of aryl methyl sites for hydroxylation is 1. The van der Waals surface area contributed by atoms with E-state index in [0.29, 0.717) is 52.5 Å². The van der Waals surface area contributed by atoms with Crippen LogP contribution in [0.15, 0.2) is 53.3 Å². The van der Waals surface area contributed by atoms with Crippen LogP contribution in [0, 0.1) is 12.8 Å². The summed E-state index contributed by atoms with van der Waals surface area (Å²) in [5.74, 6) is 0.209. The average Bonchev–Trinajstić information content (AvgIpc) is 2.85. The molecule has 0 saturated carbocycles. The van der Waals surface area contributed by atoms with Gasteiger partial charge in [0.05, 0.1) is 11.4 Å². The summed E-state index contributed by atoms with van der Waals surface area (Å²) >= 11 is 0. The van der Waals surface area contributed by atoms with Gasteiger partial charge in [0.25, 0.3) is 6.47 Å². The smallest absolute Gasteiger partial charge is 0.345 e. The first-order valence-corrected chi connectivity index (χ1v) is 11.3. The van der Waals surface area contributed by atoms with Crippen LogP contribution in [0.25, 0.3) is 22.5 Å². The lowest BCUT2D eigenvalue weighted by Crippen LogP contribution is -2.33. The summed E-state index contributed by atoms with van der Waals surface area (Å²) in [5, 5.41) is 13.1. The number of benzene rings is 2. The second-order valence-corrected chi connectivity index (χ2v) is 8.58. The van der Waals surface area contributed by atoms with Crippen molar-refractivity contribution in [1.29, 1.82) is 0 Å². The number of nitrogens with zero attached hydrogens (tertiary/aromatic N) is 1. The molecule has 34 heavy (non-hydrogen) atoms. The average molecular weight is 462 g/mol. The van der Waals surface area contributed by atoms with E-state index in [0.717, 1.165) is 25.9 Å². The van der Waals surface area contributed by atoms with Gasteiger partial charge in [0, 0.05) is 11.1 Å². The Morgan fingerprint density at radius 3 is 2.71 bits per heavy atom. The second-order valence-electron chi connectivity index (χ2n) is 8.58. The van der Waals surface area contributed by atoms with E-state index in [1.807, 2.05) is 0 Å². The molecule has 1 atom stereocenters. The third-order valence-electron chi connectivity index (χ3n) is 6.21. The number of aromatic nitrogens is 2. The van der Waals surface area contributed by atoms with E-state index in [4.69, 9.17) is 4.74 Å². The highest BCUT2D eigenvalue weighted by molar-refractivity contribution is 6.00. The first-order chi connectivity index (χ1) is 16.4. The largest absolute Gasteiger partial charge is 0.508 e. The van der Waals surface area contributed by atoms with Crippen LogP contribution in [0.4, 0.5) is 0 Å². The molecule has 1 aromatic heterocycles. The highest BCUT2D eigenvalue weighted by Crippen LogP contribution is 2.27. The number of Topliss-reactive ketones (excluding diaryl/α,β-unsaturated/α-hetero) is 1. The minimum Gasteiger partial charge on any atom is -0.508 e. The monoisotopic (exact) mass is 461 g/mol. The Morgan fingerprint density at radius 1 is 1.18 bits per heavy atom. The van der Waals surface area contributed by atoms with Crippen LogP contribution in [-0.4, -0.2) is 46.5 Å². The van der Waals surface area contributed by atoms with Gasteiger partial charge in [0.15, 0.2) is 6.10 Å². The number of aromatic amines is 1. The van der Waals surface area contributed by atoms with Gasteiger partial charge in [-0.2, -0.15) is 4.98 Å². The van der Waals surface area contributed by atoms with E-state index in [1.165, 1.54) is 0 Å². The van der Waals surface area contributed by atoms with Crippen molar-refractivity contribution in [2.75, 3.05) is 13.1 Å². The van der Waals surface area contributed by atoms with E-state index < -0.39 is 11.8 Å². The Balaban J connectivity index is 1.63. The van der Waals surface area contributed by atoms with E-state index in [1.54, 1.807) is 55.5 Å². The summed E-state index contributed by atoms with van der Waals surface area (Å²) in [5.41, 5.74) is 2.82. The summed E-state index contributed by atoms with van der Waals surface area (Å²) in [7, 11) is 0. The number of ether oxygens (including phenoxy) is 1. The Morgan fingerprint density at radius 2 is 1.97 bits per heavy atom. The molecule has 1 saturated heterocycles. The lowest BCUT2D eigenvalue weighted by molar-refractivity contribution is -0.132. The van der Waals surface area contributed by atoms with Crippen molar-refractivity contribution >= 4 is 12.3 Å². The summed E-state index contributed by atoms with van der Waals surface area (Å²) in [4.78, 5) is 43.4. The molecule has 2 aromatic carbocycles. The Kier molecular flexibility index (Phi) is 7.18. The number of piperidine rings is 1. The van der Waals surface area contributed by atoms with Gasteiger partial charge >= 0.3 is 5.69 Å². The third-order valence-corrected chi connectivity index (χ3v) is 6.21.